The molecule has 0 fully saturated rings. The van der Waals surface area contributed by atoms with E-state index < -0.39 is 58.3 Å². The van der Waals surface area contributed by atoms with Crippen LogP contribution in [0.25, 0.3) is 0 Å². The molecule has 0 radical (unpaired) electrons. The monoisotopic (exact) mass is 969 g/mol. The number of ether oxygens (including phenoxy) is 4. The first-order valence-electron chi connectivity index (χ1n) is 21.5. The summed E-state index contributed by atoms with van der Waals surface area (Å²) in [5, 5.41) is 64.3. The predicted octanol–water partition coefficient (Wildman–Crippen LogP) is 3.69. The van der Waals surface area contributed by atoms with E-state index in [0.29, 0.717) is 24.0 Å². The van der Waals surface area contributed by atoms with Crippen molar-refractivity contribution in [2.45, 2.75) is 156 Å². The molecule has 6 unspecified atom stereocenters. The van der Waals surface area contributed by atoms with Crippen LogP contribution in [0.3, 0.4) is 0 Å². The third-order valence-corrected chi connectivity index (χ3v) is 11.2. The highest BCUT2D eigenvalue weighted by Gasteiger charge is 2.31. The van der Waals surface area contributed by atoms with Gasteiger partial charge in [-0.3, -0.25) is 19.2 Å². The lowest BCUT2D eigenvalue weighted by molar-refractivity contribution is 0.0209. The van der Waals surface area contributed by atoms with E-state index in [1.165, 1.54) is 40.6 Å². The van der Waals surface area contributed by atoms with Crippen molar-refractivity contribution in [2.24, 2.45) is 0 Å². The second kappa shape index (κ2) is 25.8. The Bertz CT molecular complexity index is 2200. The third kappa shape index (κ3) is 17.8. The second-order valence-corrected chi connectivity index (χ2v) is 17.3. The lowest BCUT2D eigenvalue weighted by Crippen LogP contribution is -2.48. The number of hydrogen-bond donors (Lipinski definition) is 8. The molecule has 0 aliphatic heterocycles. The molecule has 4 rings (SSSR count). The minimum Gasteiger partial charge on any atom is -0.467 e. The van der Waals surface area contributed by atoms with Crippen LogP contribution in [0.4, 0.5) is 0 Å². The Morgan fingerprint density at radius 2 is 0.809 bits per heavy atom. The highest BCUT2D eigenvalue weighted by atomic mass is 16.6. The number of methoxy groups -OCH3 is 4. The topological polar surface area (TPSA) is 338 Å². The fourth-order valence-electron chi connectivity index (χ4n) is 4.72. The number of carbonyl (C=O) groups excluding carboxylic acids is 4. The molecule has 4 heterocycles. The molecule has 24 nitrogen and oxygen atoms in total. The summed E-state index contributed by atoms with van der Waals surface area (Å²) in [4.78, 5) is 47.2. The Morgan fingerprint density at radius 1 is 0.515 bits per heavy atom. The normalized spacial score (nSPS) is 14.7. The van der Waals surface area contributed by atoms with Crippen LogP contribution < -0.4 is 40.2 Å². The van der Waals surface area contributed by atoms with Gasteiger partial charge in [-0.05, 0) is 95.9 Å². The summed E-state index contributed by atoms with van der Waals surface area (Å²) in [7, 11) is 5.72. The standard InChI is InChI=1S/C12H20N2O4.2C11H18N2O4.C10H16N2O4/c1-6-12(4,16)8(3)13-10(15)9-7(2)11(17-5)18-14-9;1-6-8(13-17-10(6)16-5)9(14)12-7(2)11(3,4)15;1-5-11(3,15)7(2)12-10(14)8-6-9(16-4)17-13-8;1-6(10(2,3)14)11-9(13)7-5-8(15-4)16-12-7/h8,16H,6H2,1-5H3,(H,13,15);7,15H,1-5H3,(H,12,14);6-7,15H,5H2,1-4H3,(H,12,14);5-6,14H,1-4H3,(H,11,13). The second-order valence-electron chi connectivity index (χ2n) is 17.3. The van der Waals surface area contributed by atoms with E-state index in [1.54, 1.807) is 83.1 Å². The number of rotatable bonds is 18. The zero-order valence-electron chi connectivity index (χ0n) is 42.4. The largest absolute Gasteiger partial charge is 0.467 e. The Morgan fingerprint density at radius 3 is 1.06 bits per heavy atom. The van der Waals surface area contributed by atoms with Crippen molar-refractivity contribution in [3.05, 3.63) is 46.0 Å². The summed E-state index contributed by atoms with van der Waals surface area (Å²) >= 11 is 0. The fraction of sp³-hybridized carbons (Fsp3) is 0.636. The van der Waals surface area contributed by atoms with Crippen LogP contribution >= 0.6 is 0 Å². The van der Waals surface area contributed by atoms with E-state index in [1.807, 2.05) is 13.8 Å². The van der Waals surface area contributed by atoms with Gasteiger partial charge in [0.2, 0.25) is 0 Å². The quantitative estimate of drug-likeness (QED) is 0.0705. The summed E-state index contributed by atoms with van der Waals surface area (Å²) in [6, 6.07) is 1.19. The molecular formula is C44H72N8O16. The van der Waals surface area contributed by atoms with Gasteiger partial charge in [-0.25, -0.2) is 0 Å². The summed E-state index contributed by atoms with van der Waals surface area (Å²) in [6.45, 7) is 23.8. The number of nitrogens with zero attached hydrogens (tertiary/aromatic N) is 4. The van der Waals surface area contributed by atoms with Crippen molar-refractivity contribution < 1.29 is 76.6 Å². The molecule has 0 aliphatic rings. The van der Waals surface area contributed by atoms with Crippen molar-refractivity contribution in [2.75, 3.05) is 28.4 Å². The number of aromatic nitrogens is 4. The fourth-order valence-corrected chi connectivity index (χ4v) is 4.72. The molecule has 0 spiro atoms. The lowest BCUT2D eigenvalue weighted by atomic mass is 9.95. The van der Waals surface area contributed by atoms with Crippen molar-refractivity contribution in [3.8, 4) is 23.8 Å². The first-order valence-corrected chi connectivity index (χ1v) is 21.5. The number of carbonyl (C=O) groups is 4. The maximum atomic E-state index is 12.0. The maximum absolute atomic E-state index is 12.0. The van der Waals surface area contributed by atoms with Crippen LogP contribution in [0.1, 0.15) is 149 Å². The van der Waals surface area contributed by atoms with Gasteiger partial charge in [0.15, 0.2) is 22.8 Å². The first kappa shape index (κ1) is 59.8. The van der Waals surface area contributed by atoms with Gasteiger partial charge in [0.1, 0.15) is 0 Å². The first-order chi connectivity index (χ1) is 31.3. The predicted molar refractivity (Wildman–Crippen MR) is 244 cm³/mol. The molecule has 8 N–H and O–H groups in total. The average Bonchev–Trinajstić information content (AvgIpc) is 4.10. The molecule has 0 aromatic carbocycles. The molecule has 0 bridgehead atoms. The molecule has 24 heteroatoms. The van der Waals surface area contributed by atoms with Crippen LogP contribution in [0.5, 0.6) is 23.8 Å². The van der Waals surface area contributed by atoms with Crippen molar-refractivity contribution in [1.29, 1.82) is 0 Å². The minimum atomic E-state index is -1.00. The SMILES string of the molecule is CCC(C)(O)C(C)NC(=O)c1cc(OC)on1.CCC(C)(O)C(C)NC(=O)c1noc(OC)c1C.COc1cc(C(=O)NC(C)C(C)(C)O)no1.COc1onc(C(=O)NC(C)C(C)(C)O)c1C. The van der Waals surface area contributed by atoms with Gasteiger partial charge in [0.05, 0.1) is 98.3 Å². The van der Waals surface area contributed by atoms with Gasteiger partial charge in [0, 0.05) is 0 Å². The van der Waals surface area contributed by atoms with E-state index in [0.717, 1.165) is 0 Å². The molecular weight excluding hydrogens is 897 g/mol. The minimum absolute atomic E-state index is 0.118. The highest BCUT2D eigenvalue weighted by molar-refractivity contribution is 5.95. The average molecular weight is 969 g/mol. The summed E-state index contributed by atoms with van der Waals surface area (Å²) < 4.78 is 38.5. The molecule has 4 aromatic heterocycles. The summed E-state index contributed by atoms with van der Waals surface area (Å²) in [6.07, 6.45) is 1.08. The van der Waals surface area contributed by atoms with E-state index in [2.05, 4.69) is 41.9 Å². The molecule has 0 saturated carbocycles. The van der Waals surface area contributed by atoms with Gasteiger partial charge in [0.25, 0.3) is 23.6 Å². The molecule has 4 amide bonds. The van der Waals surface area contributed by atoms with Gasteiger partial charge in [-0.1, -0.05) is 34.5 Å². The summed E-state index contributed by atoms with van der Waals surface area (Å²) in [5.41, 5.74) is -2.26. The molecule has 0 saturated heterocycles. The van der Waals surface area contributed by atoms with Crippen molar-refractivity contribution in [3.63, 3.8) is 0 Å². The van der Waals surface area contributed by atoms with Crippen LogP contribution in [0, 0.1) is 13.8 Å². The number of amides is 4. The van der Waals surface area contributed by atoms with E-state index in [9.17, 15) is 39.6 Å². The Hall–Kier alpha value is -6.24. The van der Waals surface area contributed by atoms with Gasteiger partial charge in [-0.2, -0.15) is 0 Å². The molecule has 68 heavy (non-hydrogen) atoms. The van der Waals surface area contributed by atoms with Crippen molar-refractivity contribution in [1.82, 2.24) is 41.9 Å². The summed E-state index contributed by atoms with van der Waals surface area (Å²) in [5.74, 6) is -0.836. The molecule has 384 valence electrons. The zero-order chi connectivity index (χ0) is 52.5. The van der Waals surface area contributed by atoms with Crippen LogP contribution in [-0.4, -0.2) is 140 Å². The number of nitrogens with one attached hydrogen (secondary N) is 4. The molecule has 4 aromatic rings. The Balaban J connectivity index is 0.000000454. The lowest BCUT2D eigenvalue weighted by Gasteiger charge is -2.29. The van der Waals surface area contributed by atoms with Gasteiger partial charge >= 0.3 is 23.8 Å². The maximum Gasteiger partial charge on any atom is 0.314 e. The number of aliphatic hydroxyl groups is 4. The van der Waals surface area contributed by atoms with Crippen molar-refractivity contribution >= 4 is 23.6 Å². The van der Waals surface area contributed by atoms with Crippen LogP contribution in [0.2, 0.25) is 0 Å². The Labute approximate surface area is 396 Å². The number of hydrogen-bond acceptors (Lipinski definition) is 20. The van der Waals surface area contributed by atoms with E-state index in [4.69, 9.17) is 37.0 Å². The van der Waals surface area contributed by atoms with E-state index in [-0.39, 0.29) is 58.5 Å². The smallest absolute Gasteiger partial charge is 0.314 e. The van der Waals surface area contributed by atoms with Gasteiger partial charge < -0.3 is 78.7 Å². The highest BCUT2D eigenvalue weighted by Crippen LogP contribution is 2.23. The zero-order valence-corrected chi connectivity index (χ0v) is 42.4. The van der Waals surface area contributed by atoms with E-state index >= 15 is 0 Å². The third-order valence-electron chi connectivity index (χ3n) is 11.2. The van der Waals surface area contributed by atoms with Crippen LogP contribution in [-0.2, 0) is 0 Å². The molecule has 6 atom stereocenters. The van der Waals surface area contributed by atoms with Gasteiger partial charge in [-0.15, -0.1) is 0 Å². The Kier molecular flexibility index (Phi) is 22.7. The van der Waals surface area contributed by atoms with Crippen LogP contribution in [0.15, 0.2) is 30.2 Å². The molecule has 0 aliphatic carbocycles.